The van der Waals surface area contributed by atoms with Crippen molar-refractivity contribution in [2.24, 2.45) is 23.3 Å². The van der Waals surface area contributed by atoms with Gasteiger partial charge >= 0.3 is 5.97 Å². The molecule has 149 heavy (non-hydrogen) atoms. The zero-order chi connectivity index (χ0) is 111. The number of hydrogen-bond acceptors (Lipinski definition) is 34. The van der Waals surface area contributed by atoms with Gasteiger partial charge in [-0.3, -0.25) is 101 Å². The number of aromatic nitrogens is 1. The second kappa shape index (κ2) is 63.9. The smallest absolute Gasteiger partial charge is 0.303 e. The van der Waals surface area contributed by atoms with E-state index in [9.17, 15) is 87.2 Å². The van der Waals surface area contributed by atoms with Crippen molar-refractivity contribution in [3.63, 3.8) is 0 Å². The number of carboxylic acid groups (broad SMARTS) is 1. The van der Waals surface area contributed by atoms with Gasteiger partial charge in [-0.05, 0) is 206 Å². The van der Waals surface area contributed by atoms with E-state index in [-0.39, 0.29) is 150 Å². The van der Waals surface area contributed by atoms with Crippen molar-refractivity contribution in [1.29, 1.82) is 0 Å². The van der Waals surface area contributed by atoms with Gasteiger partial charge in [-0.25, -0.2) is 32.6 Å². The van der Waals surface area contributed by atoms with Gasteiger partial charge in [0.1, 0.15) is 41.5 Å². The number of phenolic OH excluding ortho intramolecular Hbond substituents is 1. The summed E-state index contributed by atoms with van der Waals surface area (Å²) in [6.45, 7) is 24.2. The average molecular weight is 2080 g/mol. The summed E-state index contributed by atoms with van der Waals surface area (Å²) in [5, 5.41) is 63.8. The number of hydrazine groups is 3. The van der Waals surface area contributed by atoms with E-state index in [2.05, 4.69) is 96.0 Å². The van der Waals surface area contributed by atoms with Crippen LogP contribution in [0.25, 0.3) is 10.9 Å². The van der Waals surface area contributed by atoms with E-state index in [0.29, 0.717) is 66.1 Å². The quantitative estimate of drug-likeness (QED) is 0.0129. The van der Waals surface area contributed by atoms with Crippen LogP contribution >= 0.6 is 0 Å². The lowest BCUT2D eigenvalue weighted by atomic mass is 9.84. The summed E-state index contributed by atoms with van der Waals surface area (Å²) in [4.78, 5) is 282. The fourth-order valence-corrected chi connectivity index (χ4v) is 16.6. The molecule has 0 radical (unpaired) electrons. The first-order chi connectivity index (χ1) is 70.1. The first-order valence-electron chi connectivity index (χ1n) is 51.5. The van der Waals surface area contributed by atoms with Crippen LogP contribution in [0.4, 0.5) is 0 Å². The number of carbonyl (C=O) groups excluding carboxylic acids is 19. The number of aromatic amines is 1. The zero-order valence-corrected chi connectivity index (χ0v) is 89.0. The van der Waals surface area contributed by atoms with Gasteiger partial charge in [0.2, 0.25) is 64.5 Å². The Morgan fingerprint density at radius 2 is 1.11 bits per heavy atom. The van der Waals surface area contributed by atoms with Gasteiger partial charge in [-0.1, -0.05) is 120 Å². The third-order valence-corrected chi connectivity index (χ3v) is 26.4. The number of primary amides is 2. The number of aliphatic hydroxyl groups is 1. The van der Waals surface area contributed by atoms with Crippen molar-refractivity contribution < 1.29 is 111 Å². The molecular formula is C106H162N20O23. The molecule has 17 atom stereocenters. The molecule has 0 spiro atoms. The summed E-state index contributed by atoms with van der Waals surface area (Å²) in [5.41, 5.74) is 25.3. The van der Waals surface area contributed by atoms with Crippen LogP contribution in [0.2, 0.25) is 0 Å². The molecule has 3 aromatic carbocycles. The number of fused-ring (bicyclic) bond motifs is 1. The summed E-state index contributed by atoms with van der Waals surface area (Å²) >= 11 is 0. The fraction of sp³-hybridized carbons (Fsp3) is 0.604. The number of phenols is 1. The number of aromatic hydroxyl groups is 1. The van der Waals surface area contributed by atoms with E-state index < -0.39 is 233 Å². The number of rotatable bonds is 52. The van der Waals surface area contributed by atoms with Crippen molar-refractivity contribution in [1.82, 2.24) is 96.0 Å². The number of para-hydroxylation sites is 1. The number of nitrogens with one attached hydrogen (secondary N) is 18. The predicted octanol–water partition coefficient (Wildman–Crippen LogP) is 1.46. The molecule has 1 aliphatic rings. The minimum absolute atomic E-state index is 0.0349. The number of hydrogen-bond donors (Lipinski definition) is 23. The molecule has 824 valence electrons. The number of aliphatic hydroxyl groups excluding tert-OH is 1. The van der Waals surface area contributed by atoms with Crippen molar-refractivity contribution in [3.8, 4) is 5.75 Å². The number of Topliss-reactive ketones (excluding diaryl/α,β-unsaturated/α-hetero) is 12. The maximum Gasteiger partial charge on any atom is 0.303 e. The Kier molecular flexibility index (Phi) is 54.7. The number of carbonyl (C=O) groups is 20. The third-order valence-electron chi connectivity index (χ3n) is 26.4. The molecule has 4 aromatic rings. The summed E-state index contributed by atoms with van der Waals surface area (Å²) in [6, 6.07) is 4.34. The van der Waals surface area contributed by atoms with Crippen LogP contribution in [0.1, 0.15) is 249 Å². The van der Waals surface area contributed by atoms with Gasteiger partial charge in [0, 0.05) is 75.8 Å². The molecule has 0 unspecified atom stereocenters. The first-order valence-corrected chi connectivity index (χ1v) is 51.5. The molecule has 43 nitrogen and oxygen atoms in total. The minimum Gasteiger partial charge on any atom is -0.508 e. The second-order valence-electron chi connectivity index (χ2n) is 40.8. The SMILES string of the molecule is CC(=O)N[C@@H](CC(C)C)C(=O)C(=O)[C@@H](NN[C@@H](Cc1ccccc1)C(=O)N[C@]1(C)CCCCCCC=CCCC[C@@](C)(C(=O)CN[C@@H](C)C(=O)CCN[C@@H](C)C(=O)CCN[C@@H](C)C(=O)CCN[C@@H](C)C(=O)CNC(C)(C)C(=O)N[C@H](C)C(N)=O)NC(=O)[C@H](CC(C)C)NN[C@@H](CCC(N)=O)C(=O)CN[C@@H](C)C(=O)CC(=O)[C@H](Cc2c[nH]c3ccccc23)NN[C@@H](Cc2ccc(O)cc2)C(=O)N[C@@H](CCC(=O)O)C(=O)C1=O)[C@@H](C)O. The van der Waals surface area contributed by atoms with Gasteiger partial charge in [-0.15, -0.1) is 0 Å². The van der Waals surface area contributed by atoms with E-state index in [1.54, 1.807) is 123 Å². The van der Waals surface area contributed by atoms with Crippen LogP contribution in [0.3, 0.4) is 0 Å². The molecule has 43 heteroatoms. The molecule has 5 rings (SSSR count). The molecule has 0 saturated carbocycles. The fourth-order valence-electron chi connectivity index (χ4n) is 16.6. The number of nitrogens with two attached hydrogens (primary N) is 2. The first kappa shape index (κ1) is 127. The number of carboxylic acids is 1. The van der Waals surface area contributed by atoms with Gasteiger partial charge < -0.3 is 84.9 Å². The largest absolute Gasteiger partial charge is 0.508 e. The third kappa shape index (κ3) is 45.0. The van der Waals surface area contributed by atoms with Crippen LogP contribution in [0, 0.1) is 11.8 Å². The van der Waals surface area contributed by atoms with Crippen LogP contribution in [-0.4, -0.2) is 284 Å². The van der Waals surface area contributed by atoms with Crippen LogP contribution in [0.5, 0.6) is 5.75 Å². The highest BCUT2D eigenvalue weighted by atomic mass is 16.4. The summed E-state index contributed by atoms with van der Waals surface area (Å²) in [5.74, 6) is -15.6. The Hall–Kier alpha value is -12.0. The molecule has 25 N–H and O–H groups in total. The molecule has 2 heterocycles. The van der Waals surface area contributed by atoms with Gasteiger partial charge in [0.15, 0.2) is 46.3 Å². The molecule has 0 saturated heterocycles. The maximum atomic E-state index is 15.7. The second-order valence-corrected chi connectivity index (χ2v) is 40.8. The summed E-state index contributed by atoms with van der Waals surface area (Å²) in [7, 11) is 0. The van der Waals surface area contributed by atoms with Crippen molar-refractivity contribution in [2.75, 3.05) is 39.3 Å². The number of amides is 7. The number of allylic oxidation sites excluding steroid dienone is 2. The van der Waals surface area contributed by atoms with Crippen molar-refractivity contribution >= 4 is 128 Å². The molecule has 1 aromatic heterocycles. The lowest BCUT2D eigenvalue weighted by Gasteiger charge is -2.33. The summed E-state index contributed by atoms with van der Waals surface area (Å²) in [6.07, 6.45) is 3.22. The highest BCUT2D eigenvalue weighted by Gasteiger charge is 2.46. The van der Waals surface area contributed by atoms with Crippen LogP contribution in [-0.2, 0) is 115 Å². The summed E-state index contributed by atoms with van der Waals surface area (Å²) < 4.78 is 0. The highest BCUT2D eigenvalue weighted by Crippen LogP contribution is 2.26. The predicted molar refractivity (Wildman–Crippen MR) is 559 cm³/mol. The highest BCUT2D eigenvalue weighted by molar-refractivity contribution is 6.43. The molecule has 0 fully saturated rings. The monoisotopic (exact) mass is 2080 g/mol. The normalized spacial score (nSPS) is 21.4. The Balaban J connectivity index is 1.46. The lowest BCUT2D eigenvalue weighted by molar-refractivity contribution is -0.145. The van der Waals surface area contributed by atoms with Gasteiger partial charge in [0.25, 0.3) is 0 Å². The molecular weight excluding hydrogens is 1920 g/mol. The topological polar surface area (TPSA) is 674 Å². The van der Waals surface area contributed by atoms with Crippen molar-refractivity contribution in [2.45, 2.75) is 359 Å². The van der Waals surface area contributed by atoms with E-state index in [4.69, 9.17) is 11.5 Å². The van der Waals surface area contributed by atoms with E-state index in [0.717, 1.165) is 0 Å². The maximum absolute atomic E-state index is 15.7. The molecule has 7 amide bonds. The Labute approximate surface area is 872 Å². The van der Waals surface area contributed by atoms with E-state index in [1.807, 2.05) is 26.0 Å². The number of aliphatic carboxylic acids is 1. The van der Waals surface area contributed by atoms with Gasteiger partial charge in [-0.2, -0.15) is 0 Å². The number of ketones is 12. The Morgan fingerprint density at radius 3 is 1.69 bits per heavy atom. The van der Waals surface area contributed by atoms with Crippen molar-refractivity contribution in [3.05, 3.63) is 114 Å². The van der Waals surface area contributed by atoms with Crippen LogP contribution in [0.15, 0.2) is 97.2 Å². The Morgan fingerprint density at radius 1 is 0.544 bits per heavy atom. The molecule has 0 bridgehead atoms. The standard InChI is InChI=1S/C106H162N20O23/c1-61(2)51-80(117-70(12)128)95(141)97(143)94(69(11)127)126-125-83(53-71-31-25-24-26-32-71)102(148)120-106(16)47-30-23-21-19-17-18-20-22-29-46-105(15,91(137)60-113-65(7)86(132)45-49-110-63(5)84(130)43-48-109-64(6)85(131)44-50-111-67(9)89(135)59-115-104(13,14)103(149)116-68(10)99(108)145)119-101(147)81(52-62(3)4)123-121-77(39-41-92(107)138)90(136)58-112-66(8)87(133)56-88(134)79(55-73-57-114-76-34-28-27-33-75(73)76)122-124-82(54-72-35-37-74(129)38-36-72)100(146)118-78(40-42-93(139)140)96(142)98(106)144/h18,20,24-28,31-38,57,61-69,77-83,94,109-115,121-127,129H,17,19,21-23,29-30,39-56,58-60H2,1-16H3,(H2,107,138)(H2,108,145)(H,116,149)(H,117,128)(H,118,146)(H,119,147)(H,120,148)(H,139,140)/t63-,64-,65-,66-,67-,68+,69+,77-,78-,79-,80-,81-,82-,83-,94-,105-,106+/m0/s1. The Bertz CT molecular complexity index is 5220. The van der Waals surface area contributed by atoms with E-state index in [1.165, 1.54) is 58.9 Å². The van der Waals surface area contributed by atoms with Gasteiger partial charge in [0.05, 0.1) is 97.6 Å². The molecule has 1 aliphatic heterocycles. The van der Waals surface area contributed by atoms with E-state index >= 15 is 24.0 Å². The lowest BCUT2D eigenvalue weighted by Crippen LogP contribution is -2.65. The molecule has 0 aliphatic carbocycles. The minimum atomic E-state index is -2.20. The zero-order valence-electron chi connectivity index (χ0n) is 89.0. The van der Waals surface area contributed by atoms with Crippen LogP contribution < -0.4 is 103 Å². The number of H-pyrrole nitrogens is 1. The average Bonchev–Trinajstić information content (AvgIpc) is 1.43. The number of benzene rings is 3.